The van der Waals surface area contributed by atoms with Crippen LogP contribution < -0.4 is 11.1 Å². The van der Waals surface area contributed by atoms with Crippen molar-refractivity contribution in [3.63, 3.8) is 0 Å². The first kappa shape index (κ1) is 20.6. The maximum absolute atomic E-state index is 13.1. The number of benzene rings is 2. The van der Waals surface area contributed by atoms with Gasteiger partial charge in [-0.05, 0) is 53.6 Å². The standard InChI is InChI=1S/C24H22FN3O3/c1-30-14-19-7-8-21(23(26)28-19)24(29)27-13-16-4-9-22-17(10-16)12-20(31-22)11-15-2-5-18(25)6-3-15/h2-10,12H,11,13-14H2,1H3,(H2,26,28)(H,27,29). The Labute approximate surface area is 178 Å². The van der Waals surface area contributed by atoms with E-state index in [-0.39, 0.29) is 17.5 Å². The first-order valence-corrected chi connectivity index (χ1v) is 9.80. The van der Waals surface area contributed by atoms with E-state index in [4.69, 9.17) is 14.9 Å². The number of nitrogens with one attached hydrogen (secondary N) is 1. The quantitative estimate of drug-likeness (QED) is 0.468. The van der Waals surface area contributed by atoms with E-state index in [2.05, 4.69) is 10.3 Å². The van der Waals surface area contributed by atoms with Crippen molar-refractivity contribution in [1.82, 2.24) is 10.3 Å². The van der Waals surface area contributed by atoms with Crippen LogP contribution in [0.2, 0.25) is 0 Å². The smallest absolute Gasteiger partial charge is 0.255 e. The number of carbonyl (C=O) groups excluding carboxylic acids is 1. The highest BCUT2D eigenvalue weighted by atomic mass is 19.1. The fourth-order valence-corrected chi connectivity index (χ4v) is 3.36. The number of nitrogens with two attached hydrogens (primary N) is 1. The zero-order chi connectivity index (χ0) is 21.8. The monoisotopic (exact) mass is 419 g/mol. The summed E-state index contributed by atoms with van der Waals surface area (Å²) in [5.74, 6) is 0.405. The Bertz CT molecular complexity index is 1220. The van der Waals surface area contributed by atoms with Crippen LogP contribution in [0.3, 0.4) is 0 Å². The van der Waals surface area contributed by atoms with Gasteiger partial charge in [0.15, 0.2) is 0 Å². The lowest BCUT2D eigenvalue weighted by atomic mass is 10.1. The van der Waals surface area contributed by atoms with Gasteiger partial charge in [-0.2, -0.15) is 0 Å². The van der Waals surface area contributed by atoms with Crippen LogP contribution in [0.25, 0.3) is 11.0 Å². The highest BCUT2D eigenvalue weighted by Crippen LogP contribution is 2.23. The van der Waals surface area contributed by atoms with Crippen LogP contribution >= 0.6 is 0 Å². The van der Waals surface area contributed by atoms with Crippen molar-refractivity contribution in [2.75, 3.05) is 12.8 Å². The summed E-state index contributed by atoms with van der Waals surface area (Å²) < 4.78 is 24.0. The first-order chi connectivity index (χ1) is 15.0. The molecule has 0 saturated carbocycles. The van der Waals surface area contributed by atoms with Gasteiger partial charge in [-0.1, -0.05) is 18.2 Å². The molecule has 0 spiro atoms. The molecule has 158 valence electrons. The van der Waals surface area contributed by atoms with Gasteiger partial charge in [0.2, 0.25) is 0 Å². The maximum Gasteiger partial charge on any atom is 0.255 e. The van der Waals surface area contributed by atoms with Gasteiger partial charge in [0, 0.05) is 25.5 Å². The molecule has 0 aliphatic heterocycles. The minimum absolute atomic E-state index is 0.169. The molecule has 0 aliphatic carbocycles. The Morgan fingerprint density at radius 1 is 1.10 bits per heavy atom. The molecule has 0 fully saturated rings. The van der Waals surface area contributed by atoms with Gasteiger partial charge in [0.25, 0.3) is 5.91 Å². The number of methoxy groups -OCH3 is 1. The zero-order valence-electron chi connectivity index (χ0n) is 17.0. The number of furan rings is 1. The predicted molar refractivity (Wildman–Crippen MR) is 116 cm³/mol. The maximum atomic E-state index is 13.1. The largest absolute Gasteiger partial charge is 0.461 e. The predicted octanol–water partition coefficient (Wildman–Crippen LogP) is 4.22. The molecule has 31 heavy (non-hydrogen) atoms. The Morgan fingerprint density at radius 3 is 2.61 bits per heavy atom. The second-order valence-electron chi connectivity index (χ2n) is 7.24. The zero-order valence-corrected chi connectivity index (χ0v) is 17.0. The van der Waals surface area contributed by atoms with Crippen LogP contribution in [0.15, 0.2) is 65.1 Å². The molecule has 4 aromatic rings. The molecule has 0 bridgehead atoms. The number of fused-ring (bicyclic) bond motifs is 1. The van der Waals surface area contributed by atoms with Crippen molar-refractivity contribution in [3.8, 4) is 0 Å². The Kier molecular flexibility index (Phi) is 5.95. The van der Waals surface area contributed by atoms with Gasteiger partial charge in [0.1, 0.15) is 23.0 Å². The van der Waals surface area contributed by atoms with Gasteiger partial charge in [-0.25, -0.2) is 9.37 Å². The molecule has 0 radical (unpaired) electrons. The minimum atomic E-state index is -0.293. The van der Waals surface area contributed by atoms with Crippen molar-refractivity contribution in [3.05, 3.63) is 94.6 Å². The molecule has 0 saturated heterocycles. The third kappa shape index (κ3) is 4.90. The number of anilines is 1. The summed E-state index contributed by atoms with van der Waals surface area (Å²) >= 11 is 0. The molecule has 1 amide bonds. The molecule has 7 heteroatoms. The average Bonchev–Trinajstić information content (AvgIpc) is 3.15. The molecule has 3 N–H and O–H groups in total. The molecule has 4 rings (SSSR count). The van der Waals surface area contributed by atoms with Crippen molar-refractivity contribution in [2.45, 2.75) is 19.6 Å². The second-order valence-corrected chi connectivity index (χ2v) is 7.24. The Hall–Kier alpha value is -3.71. The molecule has 2 aromatic heterocycles. The van der Waals surface area contributed by atoms with Crippen molar-refractivity contribution >= 4 is 22.7 Å². The fraction of sp³-hybridized carbons (Fsp3) is 0.167. The number of hydrogen-bond acceptors (Lipinski definition) is 5. The van der Waals surface area contributed by atoms with Crippen LogP contribution in [0.1, 0.15) is 32.9 Å². The molecule has 2 aromatic carbocycles. The van der Waals surface area contributed by atoms with Gasteiger partial charge in [0.05, 0.1) is 17.9 Å². The van der Waals surface area contributed by atoms with E-state index in [0.717, 1.165) is 27.9 Å². The van der Waals surface area contributed by atoms with Crippen LogP contribution in [0.4, 0.5) is 10.2 Å². The topological polar surface area (TPSA) is 90.4 Å². The third-order valence-corrected chi connectivity index (χ3v) is 4.90. The summed E-state index contributed by atoms with van der Waals surface area (Å²) in [7, 11) is 1.57. The lowest BCUT2D eigenvalue weighted by Gasteiger charge is -2.08. The third-order valence-electron chi connectivity index (χ3n) is 4.90. The molecule has 0 aliphatic rings. The molecular weight excluding hydrogens is 397 g/mol. The second kappa shape index (κ2) is 8.97. The number of amides is 1. The van der Waals surface area contributed by atoms with Gasteiger partial charge >= 0.3 is 0 Å². The van der Waals surface area contributed by atoms with Gasteiger partial charge < -0.3 is 20.2 Å². The number of nitrogen functional groups attached to an aromatic ring is 1. The summed E-state index contributed by atoms with van der Waals surface area (Å²) in [5, 5.41) is 3.81. The fourth-order valence-electron chi connectivity index (χ4n) is 3.36. The van der Waals surface area contributed by atoms with Crippen LogP contribution in [-0.4, -0.2) is 18.0 Å². The number of rotatable bonds is 7. The van der Waals surface area contributed by atoms with Crippen molar-refractivity contribution < 1.29 is 18.3 Å². The highest BCUT2D eigenvalue weighted by Gasteiger charge is 2.12. The van der Waals surface area contributed by atoms with E-state index in [9.17, 15) is 9.18 Å². The summed E-state index contributed by atoms with van der Waals surface area (Å²) in [6.07, 6.45) is 0.576. The summed E-state index contributed by atoms with van der Waals surface area (Å²) in [5.41, 5.74) is 9.55. The van der Waals surface area contributed by atoms with E-state index in [1.54, 1.807) is 31.4 Å². The average molecular weight is 419 g/mol. The summed E-state index contributed by atoms with van der Waals surface area (Å²) in [6, 6.07) is 17.4. The molecule has 0 unspecified atom stereocenters. The number of halogens is 1. The van der Waals surface area contributed by atoms with Gasteiger partial charge in [-0.15, -0.1) is 0 Å². The molecule has 2 heterocycles. The van der Waals surface area contributed by atoms with Crippen molar-refractivity contribution in [1.29, 1.82) is 0 Å². The SMILES string of the molecule is COCc1ccc(C(=O)NCc2ccc3oc(Cc4ccc(F)cc4)cc3c2)c(N)n1. The van der Waals surface area contributed by atoms with Crippen LogP contribution in [0.5, 0.6) is 0 Å². The van der Waals surface area contributed by atoms with E-state index in [1.165, 1.54) is 12.1 Å². The van der Waals surface area contributed by atoms with Crippen molar-refractivity contribution in [2.24, 2.45) is 0 Å². The van der Waals surface area contributed by atoms with E-state index >= 15 is 0 Å². The van der Waals surface area contributed by atoms with Crippen LogP contribution in [-0.2, 0) is 24.3 Å². The molecule has 0 atom stereocenters. The first-order valence-electron chi connectivity index (χ1n) is 9.80. The number of carbonyl (C=O) groups is 1. The Balaban J connectivity index is 1.43. The summed E-state index contributed by atoms with van der Waals surface area (Å²) in [6.45, 7) is 0.673. The number of aromatic nitrogens is 1. The minimum Gasteiger partial charge on any atom is -0.461 e. The lowest BCUT2D eigenvalue weighted by Crippen LogP contribution is -2.24. The number of ether oxygens (including phenoxy) is 1. The van der Waals surface area contributed by atoms with E-state index < -0.39 is 0 Å². The number of hydrogen-bond donors (Lipinski definition) is 2. The highest BCUT2D eigenvalue weighted by molar-refractivity contribution is 5.98. The molecule has 6 nitrogen and oxygen atoms in total. The lowest BCUT2D eigenvalue weighted by molar-refractivity contribution is 0.0951. The summed E-state index contributed by atoms with van der Waals surface area (Å²) in [4.78, 5) is 16.7. The van der Waals surface area contributed by atoms with Gasteiger partial charge in [-0.3, -0.25) is 4.79 Å². The van der Waals surface area contributed by atoms with E-state index in [0.29, 0.717) is 30.8 Å². The van der Waals surface area contributed by atoms with Crippen LogP contribution in [0, 0.1) is 5.82 Å². The molecular formula is C24H22FN3O3. The Morgan fingerprint density at radius 2 is 1.87 bits per heavy atom. The van der Waals surface area contributed by atoms with E-state index in [1.807, 2.05) is 24.3 Å². The number of pyridine rings is 1. The number of nitrogens with zero attached hydrogens (tertiary/aromatic N) is 1. The normalized spacial score (nSPS) is 11.0.